The van der Waals surface area contributed by atoms with Gasteiger partial charge in [0.1, 0.15) is 0 Å². The van der Waals surface area contributed by atoms with E-state index < -0.39 is 0 Å². The third-order valence-corrected chi connectivity index (χ3v) is 8.24. The summed E-state index contributed by atoms with van der Waals surface area (Å²) in [5, 5.41) is 5.16. The van der Waals surface area contributed by atoms with Crippen molar-refractivity contribution in [3.05, 3.63) is 65.7 Å². The Hall–Kier alpha value is -2.23. The van der Waals surface area contributed by atoms with Crippen molar-refractivity contribution in [3.8, 4) is 11.1 Å². The van der Waals surface area contributed by atoms with Crippen molar-refractivity contribution in [3.63, 3.8) is 0 Å². The van der Waals surface area contributed by atoms with Gasteiger partial charge >= 0.3 is 0 Å². The van der Waals surface area contributed by atoms with Crippen molar-refractivity contribution in [1.82, 2.24) is 9.88 Å². The Labute approximate surface area is 182 Å². The lowest BCUT2D eigenvalue weighted by molar-refractivity contribution is 0.0980. The smallest absolute Gasteiger partial charge is 0.0708 e. The number of rotatable bonds is 2. The summed E-state index contributed by atoms with van der Waals surface area (Å²) >= 11 is 1.92. The van der Waals surface area contributed by atoms with Gasteiger partial charge in [-0.25, -0.2) is 0 Å². The SMILES string of the molecule is c1ccc2c(-c3ccc4scc(C5CCCCC6CCCCN65)c4c3)ccnc2c1. The Morgan fingerprint density at radius 1 is 0.867 bits per heavy atom. The number of para-hydroxylation sites is 1. The molecule has 0 N–H and O–H groups in total. The van der Waals surface area contributed by atoms with Gasteiger partial charge in [-0.1, -0.05) is 43.5 Å². The molecule has 30 heavy (non-hydrogen) atoms. The van der Waals surface area contributed by atoms with Crippen LogP contribution in [-0.4, -0.2) is 22.5 Å². The minimum Gasteiger partial charge on any atom is -0.293 e. The summed E-state index contributed by atoms with van der Waals surface area (Å²) < 4.78 is 1.42. The third kappa shape index (κ3) is 3.16. The lowest BCUT2D eigenvalue weighted by Gasteiger charge is -2.40. The highest BCUT2D eigenvalue weighted by molar-refractivity contribution is 7.17. The first-order chi connectivity index (χ1) is 14.9. The summed E-state index contributed by atoms with van der Waals surface area (Å²) in [7, 11) is 0. The molecule has 2 aliphatic heterocycles. The van der Waals surface area contributed by atoms with Gasteiger partial charge in [-0.05, 0) is 84.0 Å². The van der Waals surface area contributed by atoms with Gasteiger partial charge in [-0.15, -0.1) is 11.3 Å². The molecule has 4 aromatic rings. The molecule has 0 saturated carbocycles. The second-order valence-electron chi connectivity index (χ2n) is 8.97. The predicted molar refractivity (Wildman–Crippen MR) is 128 cm³/mol. The molecule has 2 aromatic heterocycles. The second kappa shape index (κ2) is 7.79. The molecule has 2 fully saturated rings. The predicted octanol–water partition coefficient (Wildman–Crippen LogP) is 7.59. The fourth-order valence-electron chi connectivity index (χ4n) is 5.78. The molecule has 0 aliphatic carbocycles. The van der Waals surface area contributed by atoms with Gasteiger partial charge in [0.05, 0.1) is 5.52 Å². The molecular weight excluding hydrogens is 384 g/mol. The van der Waals surface area contributed by atoms with Gasteiger partial charge < -0.3 is 0 Å². The van der Waals surface area contributed by atoms with Crippen LogP contribution < -0.4 is 0 Å². The number of piperidine rings is 1. The van der Waals surface area contributed by atoms with E-state index in [0.29, 0.717) is 6.04 Å². The molecule has 2 saturated heterocycles. The topological polar surface area (TPSA) is 16.1 Å². The van der Waals surface area contributed by atoms with Crippen LogP contribution in [0.3, 0.4) is 0 Å². The number of aromatic nitrogens is 1. The summed E-state index contributed by atoms with van der Waals surface area (Å²) in [6.45, 7) is 1.28. The fourth-order valence-corrected chi connectivity index (χ4v) is 6.77. The average Bonchev–Trinajstić information content (AvgIpc) is 3.10. The van der Waals surface area contributed by atoms with Gasteiger partial charge in [-0.2, -0.15) is 0 Å². The summed E-state index contributed by atoms with van der Waals surface area (Å²) in [5.74, 6) is 0. The Morgan fingerprint density at radius 3 is 2.70 bits per heavy atom. The molecule has 0 bridgehead atoms. The largest absolute Gasteiger partial charge is 0.293 e. The summed E-state index contributed by atoms with van der Waals surface area (Å²) in [4.78, 5) is 7.43. The molecule has 6 rings (SSSR count). The highest BCUT2D eigenvalue weighted by Gasteiger charge is 2.32. The highest BCUT2D eigenvalue weighted by atomic mass is 32.1. The number of pyridine rings is 1. The van der Waals surface area contributed by atoms with Gasteiger partial charge in [0.25, 0.3) is 0 Å². The molecule has 2 unspecified atom stereocenters. The number of thiophene rings is 1. The molecule has 3 heteroatoms. The van der Waals surface area contributed by atoms with E-state index in [-0.39, 0.29) is 0 Å². The van der Waals surface area contributed by atoms with Crippen LogP contribution in [0.5, 0.6) is 0 Å². The monoisotopic (exact) mass is 412 g/mol. The molecular formula is C27H28N2S. The Morgan fingerprint density at radius 2 is 1.73 bits per heavy atom. The quantitative estimate of drug-likeness (QED) is 0.337. The summed E-state index contributed by atoms with van der Waals surface area (Å²) in [6.07, 6.45) is 11.6. The van der Waals surface area contributed by atoms with E-state index in [0.717, 1.165) is 11.6 Å². The minimum atomic E-state index is 0.594. The van der Waals surface area contributed by atoms with E-state index in [1.165, 1.54) is 78.1 Å². The van der Waals surface area contributed by atoms with Gasteiger partial charge in [0, 0.05) is 28.4 Å². The highest BCUT2D eigenvalue weighted by Crippen LogP contribution is 2.43. The average molecular weight is 413 g/mol. The fraction of sp³-hybridized carbons (Fsp3) is 0.370. The van der Waals surface area contributed by atoms with E-state index in [1.54, 1.807) is 5.56 Å². The summed E-state index contributed by atoms with van der Waals surface area (Å²) in [5.41, 5.74) is 5.24. The molecule has 2 atom stereocenters. The molecule has 2 nitrogen and oxygen atoms in total. The van der Waals surface area contributed by atoms with Crippen LogP contribution in [0.25, 0.3) is 32.1 Å². The van der Waals surface area contributed by atoms with Crippen LogP contribution >= 0.6 is 11.3 Å². The Bertz CT molecular complexity index is 1190. The zero-order chi connectivity index (χ0) is 19.9. The number of fused-ring (bicyclic) bond motifs is 3. The van der Waals surface area contributed by atoms with Crippen LogP contribution in [0.2, 0.25) is 0 Å². The molecule has 4 heterocycles. The second-order valence-corrected chi connectivity index (χ2v) is 9.88. The number of benzene rings is 2. The van der Waals surface area contributed by atoms with E-state index in [2.05, 4.69) is 63.8 Å². The van der Waals surface area contributed by atoms with Crippen LogP contribution in [0.15, 0.2) is 60.1 Å². The standard InChI is InChI=1S/C27H28N2S/c1-4-11-26(29-16-6-5-8-20(29)7-1)24-18-30-27-13-12-19(17-23(24)27)21-14-15-28-25-10-3-2-9-22(21)25/h2-3,9-10,12-15,17-18,20,26H,1,4-8,11,16H2. The molecule has 2 aromatic carbocycles. The van der Waals surface area contributed by atoms with E-state index in [1.807, 2.05) is 17.5 Å². The maximum Gasteiger partial charge on any atom is 0.0708 e. The zero-order valence-corrected chi connectivity index (χ0v) is 18.2. The lowest BCUT2D eigenvalue weighted by atomic mass is 9.94. The van der Waals surface area contributed by atoms with Gasteiger partial charge in [-0.3, -0.25) is 9.88 Å². The molecule has 152 valence electrons. The maximum atomic E-state index is 4.56. The third-order valence-electron chi connectivity index (χ3n) is 7.26. The van der Waals surface area contributed by atoms with Crippen LogP contribution in [-0.2, 0) is 0 Å². The molecule has 2 aliphatic rings. The maximum absolute atomic E-state index is 4.56. The Balaban J connectivity index is 1.47. The lowest BCUT2D eigenvalue weighted by Crippen LogP contribution is -2.40. The van der Waals surface area contributed by atoms with Gasteiger partial charge in [0.15, 0.2) is 0 Å². The minimum absolute atomic E-state index is 0.594. The molecule has 0 amide bonds. The van der Waals surface area contributed by atoms with Crippen molar-refractivity contribution >= 4 is 32.3 Å². The number of nitrogens with zero attached hydrogens (tertiary/aromatic N) is 2. The van der Waals surface area contributed by atoms with Crippen LogP contribution in [0.4, 0.5) is 0 Å². The first-order valence-corrected chi connectivity index (χ1v) is 12.4. The van der Waals surface area contributed by atoms with Crippen LogP contribution in [0.1, 0.15) is 56.6 Å². The zero-order valence-electron chi connectivity index (χ0n) is 17.4. The van der Waals surface area contributed by atoms with Crippen molar-refractivity contribution < 1.29 is 0 Å². The normalized spacial score (nSPS) is 22.8. The van der Waals surface area contributed by atoms with E-state index in [4.69, 9.17) is 0 Å². The van der Waals surface area contributed by atoms with Crippen LogP contribution in [0, 0.1) is 0 Å². The van der Waals surface area contributed by atoms with Crippen molar-refractivity contribution in [2.75, 3.05) is 6.54 Å². The molecule has 0 radical (unpaired) electrons. The van der Waals surface area contributed by atoms with Crippen molar-refractivity contribution in [1.29, 1.82) is 0 Å². The number of hydrogen-bond acceptors (Lipinski definition) is 3. The molecule has 0 spiro atoms. The van der Waals surface area contributed by atoms with Gasteiger partial charge in [0.2, 0.25) is 0 Å². The first-order valence-electron chi connectivity index (χ1n) is 11.5. The van der Waals surface area contributed by atoms with Crippen molar-refractivity contribution in [2.24, 2.45) is 0 Å². The Kier molecular flexibility index (Phi) is 4.81. The van der Waals surface area contributed by atoms with E-state index in [9.17, 15) is 0 Å². The van der Waals surface area contributed by atoms with E-state index >= 15 is 0 Å². The first kappa shape index (κ1) is 18.5. The van der Waals surface area contributed by atoms with Crippen molar-refractivity contribution in [2.45, 2.75) is 57.0 Å². The number of hydrogen-bond donors (Lipinski definition) is 0. The summed E-state index contributed by atoms with van der Waals surface area (Å²) in [6, 6.07) is 19.1.